The quantitative estimate of drug-likeness (QED) is 0.620. The maximum Gasteiger partial charge on any atom is 0.329 e. The van der Waals surface area contributed by atoms with Crippen molar-refractivity contribution in [1.29, 1.82) is 0 Å². The smallest absolute Gasteiger partial charge is 0.329 e. The number of carbonyl (C=O) groups is 1. The molecular weight excluding hydrogens is 264 g/mol. The molecule has 1 atom stereocenters. The first-order valence-corrected chi connectivity index (χ1v) is 5.92. The van der Waals surface area contributed by atoms with Gasteiger partial charge < -0.3 is 20.1 Å². The molecule has 1 aromatic heterocycles. The Labute approximate surface area is 114 Å². The van der Waals surface area contributed by atoms with Gasteiger partial charge in [-0.05, 0) is 0 Å². The maximum atomic E-state index is 11.4. The van der Waals surface area contributed by atoms with Crippen LogP contribution in [0.15, 0.2) is 34.9 Å². The van der Waals surface area contributed by atoms with Crippen molar-refractivity contribution in [3.05, 3.63) is 30.3 Å². The van der Waals surface area contributed by atoms with Crippen LogP contribution in [0.5, 0.6) is 0 Å². The molecule has 0 radical (unpaired) electrons. The van der Waals surface area contributed by atoms with Crippen molar-refractivity contribution >= 4 is 12.0 Å². The van der Waals surface area contributed by atoms with Gasteiger partial charge in [-0.25, -0.2) is 4.79 Å². The van der Waals surface area contributed by atoms with Crippen LogP contribution in [0.2, 0.25) is 0 Å². The summed E-state index contributed by atoms with van der Waals surface area (Å²) in [6.07, 6.45) is -1.01. The van der Waals surface area contributed by atoms with E-state index >= 15 is 0 Å². The minimum atomic E-state index is -1.01. The molecule has 4 N–H and O–H groups in total. The fourth-order valence-electron chi connectivity index (χ4n) is 1.40. The number of carbonyl (C=O) groups excluding carboxylic acids is 1. The highest BCUT2D eigenvalue weighted by Crippen LogP contribution is 2.16. The van der Waals surface area contributed by atoms with Gasteiger partial charge in [-0.15, -0.1) is 0 Å². The molecule has 0 aliphatic rings. The number of amides is 2. The van der Waals surface area contributed by atoms with Crippen LogP contribution in [0.1, 0.15) is 0 Å². The van der Waals surface area contributed by atoms with Crippen molar-refractivity contribution in [3.8, 4) is 11.4 Å². The number of benzene rings is 1. The van der Waals surface area contributed by atoms with E-state index in [0.29, 0.717) is 5.82 Å². The molecule has 0 aliphatic heterocycles. The first-order valence-electron chi connectivity index (χ1n) is 5.92. The monoisotopic (exact) mass is 278 g/mol. The Kier molecular flexibility index (Phi) is 4.64. The molecule has 106 valence electrons. The average molecular weight is 278 g/mol. The predicted octanol–water partition coefficient (Wildman–Crippen LogP) is 0.211. The lowest BCUT2D eigenvalue weighted by atomic mass is 10.2. The standard InChI is InChI=1S/C12H14N4O4/c17-7-9(18)6-13-11(19)15-12-14-10(16-20-12)8-4-2-1-3-5-8/h1-5,9,17-18H,6-7H2,(H2,13,14,15,16,19)/t9-/m1/s1. The Morgan fingerprint density at radius 2 is 2.10 bits per heavy atom. The summed E-state index contributed by atoms with van der Waals surface area (Å²) in [4.78, 5) is 15.4. The Morgan fingerprint density at radius 3 is 2.80 bits per heavy atom. The van der Waals surface area contributed by atoms with Gasteiger partial charge in [-0.2, -0.15) is 4.98 Å². The summed E-state index contributed by atoms with van der Waals surface area (Å²) in [7, 11) is 0. The molecular formula is C12H14N4O4. The topological polar surface area (TPSA) is 121 Å². The average Bonchev–Trinajstić information content (AvgIpc) is 2.94. The first-order chi connectivity index (χ1) is 9.69. The lowest BCUT2D eigenvalue weighted by Gasteiger charge is -2.07. The fraction of sp³-hybridized carbons (Fsp3) is 0.250. The zero-order chi connectivity index (χ0) is 14.4. The molecule has 20 heavy (non-hydrogen) atoms. The molecule has 1 heterocycles. The highest BCUT2D eigenvalue weighted by molar-refractivity contribution is 5.87. The summed E-state index contributed by atoms with van der Waals surface area (Å²) in [5, 5.41) is 26.1. The number of rotatable bonds is 5. The zero-order valence-electron chi connectivity index (χ0n) is 10.5. The Balaban J connectivity index is 1.91. The highest BCUT2D eigenvalue weighted by Gasteiger charge is 2.11. The third kappa shape index (κ3) is 3.77. The van der Waals surface area contributed by atoms with E-state index in [1.165, 1.54) is 0 Å². The summed E-state index contributed by atoms with van der Waals surface area (Å²) in [6.45, 7) is -0.513. The molecule has 8 nitrogen and oxygen atoms in total. The van der Waals surface area contributed by atoms with Gasteiger partial charge in [0.15, 0.2) is 0 Å². The van der Waals surface area contributed by atoms with E-state index < -0.39 is 18.7 Å². The number of urea groups is 1. The van der Waals surface area contributed by atoms with Gasteiger partial charge in [-0.3, -0.25) is 5.32 Å². The van der Waals surface area contributed by atoms with Crippen molar-refractivity contribution in [1.82, 2.24) is 15.5 Å². The number of nitrogens with one attached hydrogen (secondary N) is 2. The third-order valence-electron chi connectivity index (χ3n) is 2.39. The van der Waals surface area contributed by atoms with Crippen molar-refractivity contribution in [3.63, 3.8) is 0 Å². The van der Waals surface area contributed by atoms with Crippen LogP contribution in [-0.2, 0) is 0 Å². The zero-order valence-corrected chi connectivity index (χ0v) is 10.5. The molecule has 2 aromatic rings. The van der Waals surface area contributed by atoms with E-state index in [-0.39, 0.29) is 12.6 Å². The van der Waals surface area contributed by atoms with Crippen LogP contribution in [0.25, 0.3) is 11.4 Å². The van der Waals surface area contributed by atoms with Gasteiger partial charge in [0.2, 0.25) is 5.82 Å². The van der Waals surface area contributed by atoms with Gasteiger partial charge in [0.25, 0.3) is 0 Å². The number of hydrogen-bond donors (Lipinski definition) is 4. The Morgan fingerprint density at radius 1 is 1.35 bits per heavy atom. The van der Waals surface area contributed by atoms with Crippen LogP contribution in [0, 0.1) is 0 Å². The van der Waals surface area contributed by atoms with E-state index in [1.54, 1.807) is 0 Å². The largest absolute Gasteiger partial charge is 0.394 e. The molecule has 0 saturated carbocycles. The Hall–Kier alpha value is -2.45. The second-order valence-corrected chi connectivity index (χ2v) is 3.96. The van der Waals surface area contributed by atoms with Gasteiger partial charge in [-0.1, -0.05) is 35.5 Å². The van der Waals surface area contributed by atoms with E-state index in [4.69, 9.17) is 14.7 Å². The summed E-state index contributed by atoms with van der Waals surface area (Å²) >= 11 is 0. The number of hydrogen-bond acceptors (Lipinski definition) is 6. The van der Waals surface area contributed by atoms with Crippen molar-refractivity contribution in [2.45, 2.75) is 6.10 Å². The molecule has 0 aliphatic carbocycles. The number of aromatic nitrogens is 2. The molecule has 1 aromatic carbocycles. The molecule has 2 rings (SSSR count). The number of aliphatic hydroxyl groups is 2. The summed E-state index contributed by atoms with van der Waals surface area (Å²) in [6, 6.07) is 8.49. The second-order valence-electron chi connectivity index (χ2n) is 3.96. The van der Waals surface area contributed by atoms with Gasteiger partial charge in [0, 0.05) is 12.1 Å². The van der Waals surface area contributed by atoms with Crippen LogP contribution in [0.4, 0.5) is 10.8 Å². The molecule has 2 amide bonds. The van der Waals surface area contributed by atoms with Crippen molar-refractivity contribution in [2.24, 2.45) is 0 Å². The number of aliphatic hydroxyl groups excluding tert-OH is 2. The maximum absolute atomic E-state index is 11.4. The fourth-order valence-corrected chi connectivity index (χ4v) is 1.40. The molecule has 0 saturated heterocycles. The van der Waals surface area contributed by atoms with E-state index in [2.05, 4.69) is 20.8 Å². The van der Waals surface area contributed by atoms with E-state index in [1.807, 2.05) is 30.3 Å². The van der Waals surface area contributed by atoms with Crippen LogP contribution >= 0.6 is 0 Å². The second kappa shape index (κ2) is 6.64. The van der Waals surface area contributed by atoms with Crippen molar-refractivity contribution in [2.75, 3.05) is 18.5 Å². The number of nitrogens with zero attached hydrogens (tertiary/aromatic N) is 2. The van der Waals surface area contributed by atoms with Gasteiger partial charge >= 0.3 is 12.0 Å². The van der Waals surface area contributed by atoms with Crippen LogP contribution < -0.4 is 10.6 Å². The summed E-state index contributed by atoms with van der Waals surface area (Å²) < 4.78 is 4.88. The molecule has 0 fully saturated rings. The minimum absolute atomic E-state index is 0.0557. The lowest BCUT2D eigenvalue weighted by Crippen LogP contribution is -2.36. The lowest BCUT2D eigenvalue weighted by molar-refractivity contribution is 0.0964. The molecule has 8 heteroatoms. The molecule has 0 bridgehead atoms. The third-order valence-corrected chi connectivity index (χ3v) is 2.39. The Bertz CT molecular complexity index is 558. The first kappa shape index (κ1) is 14.0. The predicted molar refractivity (Wildman–Crippen MR) is 69.8 cm³/mol. The highest BCUT2D eigenvalue weighted by atomic mass is 16.5. The molecule has 0 spiro atoms. The van der Waals surface area contributed by atoms with E-state index in [0.717, 1.165) is 5.56 Å². The summed E-state index contributed by atoms with van der Waals surface area (Å²) in [5.74, 6) is 0.358. The van der Waals surface area contributed by atoms with Crippen molar-refractivity contribution < 1.29 is 19.5 Å². The van der Waals surface area contributed by atoms with Gasteiger partial charge in [0.05, 0.1) is 12.7 Å². The molecule has 0 unspecified atom stereocenters. The number of anilines is 1. The minimum Gasteiger partial charge on any atom is -0.394 e. The normalized spacial score (nSPS) is 11.9. The van der Waals surface area contributed by atoms with Gasteiger partial charge in [0.1, 0.15) is 0 Å². The SMILES string of the molecule is O=C(NC[C@@H](O)CO)Nc1nc(-c2ccccc2)no1. The van der Waals surface area contributed by atoms with Crippen LogP contribution in [-0.4, -0.2) is 45.6 Å². The van der Waals surface area contributed by atoms with E-state index in [9.17, 15) is 4.79 Å². The summed E-state index contributed by atoms with van der Waals surface area (Å²) in [5.41, 5.74) is 0.764. The van der Waals surface area contributed by atoms with Crippen LogP contribution in [0.3, 0.4) is 0 Å².